The maximum atomic E-state index is 6.43. The highest BCUT2D eigenvalue weighted by Crippen LogP contribution is 2.36. The van der Waals surface area contributed by atoms with Gasteiger partial charge in [-0.3, -0.25) is 0 Å². The molecule has 0 heterocycles. The van der Waals surface area contributed by atoms with Crippen molar-refractivity contribution in [1.29, 1.82) is 0 Å². The summed E-state index contributed by atoms with van der Waals surface area (Å²) >= 11 is 11.9. The van der Waals surface area contributed by atoms with E-state index in [1.54, 1.807) is 0 Å². The molecule has 0 spiro atoms. The Bertz CT molecular complexity index is 739. The van der Waals surface area contributed by atoms with Crippen LogP contribution in [0.2, 0.25) is 10.0 Å². The topological polar surface area (TPSA) is 26.0 Å². The van der Waals surface area contributed by atoms with Crippen LogP contribution >= 0.6 is 23.2 Å². The molecule has 0 aliphatic heterocycles. The van der Waals surface area contributed by atoms with Gasteiger partial charge in [0.05, 0.1) is 0 Å². The lowest BCUT2D eigenvalue weighted by atomic mass is 9.94. The van der Waals surface area contributed by atoms with E-state index in [-0.39, 0.29) is 0 Å². The van der Waals surface area contributed by atoms with Gasteiger partial charge in [-0.15, -0.1) is 0 Å². The Morgan fingerprint density at radius 1 is 0.682 bits per heavy atom. The first-order valence-electron chi connectivity index (χ1n) is 6.96. The summed E-state index contributed by atoms with van der Waals surface area (Å²) in [6, 6.07) is 19.6. The highest BCUT2D eigenvalue weighted by Gasteiger charge is 2.10. The molecular formula is C19H15Cl2N. The lowest BCUT2D eigenvalue weighted by Crippen LogP contribution is -1.95. The molecule has 0 bridgehead atoms. The number of nitrogen functional groups attached to an aromatic ring is 1. The van der Waals surface area contributed by atoms with Gasteiger partial charge in [0.15, 0.2) is 0 Å². The van der Waals surface area contributed by atoms with Crippen molar-refractivity contribution in [2.24, 2.45) is 0 Å². The second kappa shape index (κ2) is 6.04. The fourth-order valence-electron chi connectivity index (χ4n) is 2.53. The zero-order valence-corrected chi connectivity index (χ0v) is 13.6. The van der Waals surface area contributed by atoms with Crippen molar-refractivity contribution in [2.75, 3.05) is 5.73 Å². The van der Waals surface area contributed by atoms with Gasteiger partial charge >= 0.3 is 0 Å². The van der Waals surface area contributed by atoms with Crippen LogP contribution in [0.3, 0.4) is 0 Å². The van der Waals surface area contributed by atoms with Crippen LogP contribution in [0.4, 0.5) is 5.69 Å². The van der Waals surface area contributed by atoms with Crippen LogP contribution in [-0.2, 0) is 0 Å². The minimum Gasteiger partial charge on any atom is -0.398 e. The van der Waals surface area contributed by atoms with E-state index in [1.807, 2.05) is 48.5 Å². The van der Waals surface area contributed by atoms with Crippen molar-refractivity contribution >= 4 is 28.9 Å². The molecule has 0 unspecified atom stereocenters. The van der Waals surface area contributed by atoms with E-state index in [9.17, 15) is 0 Å². The van der Waals surface area contributed by atoms with Gasteiger partial charge in [-0.2, -0.15) is 0 Å². The van der Waals surface area contributed by atoms with Crippen molar-refractivity contribution in [3.63, 3.8) is 0 Å². The van der Waals surface area contributed by atoms with E-state index in [0.29, 0.717) is 10.0 Å². The number of benzene rings is 3. The fourth-order valence-corrected chi connectivity index (χ4v) is 2.79. The Morgan fingerprint density at radius 2 is 1.05 bits per heavy atom. The fraction of sp³-hybridized carbons (Fsp3) is 0.0526. The number of halogens is 2. The van der Waals surface area contributed by atoms with Crippen molar-refractivity contribution in [3.8, 4) is 22.3 Å². The van der Waals surface area contributed by atoms with Crippen molar-refractivity contribution < 1.29 is 0 Å². The third-order valence-corrected chi connectivity index (χ3v) is 4.14. The molecule has 110 valence electrons. The molecule has 0 aliphatic rings. The summed E-state index contributed by atoms with van der Waals surface area (Å²) < 4.78 is 0. The number of hydrogen-bond donors (Lipinski definition) is 1. The van der Waals surface area contributed by atoms with Crippen LogP contribution in [0.5, 0.6) is 0 Å². The van der Waals surface area contributed by atoms with Crippen molar-refractivity contribution in [2.45, 2.75) is 6.92 Å². The van der Waals surface area contributed by atoms with E-state index in [2.05, 4.69) is 19.1 Å². The second-order valence-corrected chi connectivity index (χ2v) is 6.16. The van der Waals surface area contributed by atoms with E-state index in [4.69, 9.17) is 28.9 Å². The molecule has 0 saturated heterocycles. The summed E-state index contributed by atoms with van der Waals surface area (Å²) in [7, 11) is 0. The molecule has 3 aromatic carbocycles. The standard InChI is InChI=1S/C19H15Cl2N/c1-12-10-17(13-2-6-15(20)7-3-13)19(22)18(11-12)14-4-8-16(21)9-5-14/h2-11H,22H2,1H3. The molecule has 0 aromatic heterocycles. The van der Waals surface area contributed by atoms with Crippen molar-refractivity contribution in [3.05, 3.63) is 76.3 Å². The Kier molecular flexibility index (Phi) is 4.10. The predicted octanol–water partition coefficient (Wildman–Crippen LogP) is 6.22. The van der Waals surface area contributed by atoms with Crippen LogP contribution in [0.1, 0.15) is 5.56 Å². The Labute approximate surface area is 140 Å². The van der Waals surface area contributed by atoms with Crippen LogP contribution in [0, 0.1) is 6.92 Å². The SMILES string of the molecule is Cc1cc(-c2ccc(Cl)cc2)c(N)c(-c2ccc(Cl)cc2)c1. The lowest BCUT2D eigenvalue weighted by Gasteiger charge is -2.14. The molecule has 2 N–H and O–H groups in total. The monoisotopic (exact) mass is 327 g/mol. The average Bonchev–Trinajstić information content (AvgIpc) is 2.51. The number of rotatable bonds is 2. The van der Waals surface area contributed by atoms with Gasteiger partial charge in [0.25, 0.3) is 0 Å². The first kappa shape index (κ1) is 15.0. The number of aryl methyl sites for hydroxylation is 1. The molecule has 0 aliphatic carbocycles. The summed E-state index contributed by atoms with van der Waals surface area (Å²) in [6.45, 7) is 2.07. The van der Waals surface area contributed by atoms with Crippen LogP contribution in [0.15, 0.2) is 60.7 Å². The van der Waals surface area contributed by atoms with E-state index in [1.165, 1.54) is 0 Å². The second-order valence-electron chi connectivity index (χ2n) is 5.29. The first-order chi connectivity index (χ1) is 10.5. The van der Waals surface area contributed by atoms with Crippen LogP contribution < -0.4 is 5.73 Å². The molecule has 1 nitrogen and oxygen atoms in total. The highest BCUT2D eigenvalue weighted by atomic mass is 35.5. The predicted molar refractivity (Wildman–Crippen MR) is 96.5 cm³/mol. The summed E-state index contributed by atoms with van der Waals surface area (Å²) in [5.41, 5.74) is 12.5. The lowest BCUT2D eigenvalue weighted by molar-refractivity contribution is 1.46. The molecule has 3 heteroatoms. The van der Waals surface area contributed by atoms with Gasteiger partial charge < -0.3 is 5.73 Å². The Hall–Kier alpha value is -1.96. The molecular weight excluding hydrogens is 313 g/mol. The van der Waals surface area contributed by atoms with Gasteiger partial charge in [0.1, 0.15) is 0 Å². The van der Waals surface area contributed by atoms with E-state index >= 15 is 0 Å². The van der Waals surface area contributed by atoms with Crippen molar-refractivity contribution in [1.82, 2.24) is 0 Å². The van der Waals surface area contributed by atoms with Gasteiger partial charge in [0.2, 0.25) is 0 Å². The third-order valence-electron chi connectivity index (χ3n) is 3.63. The Morgan fingerprint density at radius 3 is 1.41 bits per heavy atom. The van der Waals surface area contributed by atoms with Gasteiger partial charge in [0, 0.05) is 26.9 Å². The summed E-state index contributed by atoms with van der Waals surface area (Å²) in [6.07, 6.45) is 0. The number of hydrogen-bond acceptors (Lipinski definition) is 1. The number of anilines is 1. The molecule has 0 saturated carbocycles. The average molecular weight is 328 g/mol. The first-order valence-corrected chi connectivity index (χ1v) is 7.72. The molecule has 22 heavy (non-hydrogen) atoms. The maximum absolute atomic E-state index is 6.43. The third kappa shape index (κ3) is 2.96. The molecule has 0 amide bonds. The molecule has 0 radical (unpaired) electrons. The molecule has 0 atom stereocenters. The summed E-state index contributed by atoms with van der Waals surface area (Å²) in [4.78, 5) is 0. The van der Waals surface area contributed by atoms with E-state index in [0.717, 1.165) is 33.5 Å². The minimum absolute atomic E-state index is 0.716. The summed E-state index contributed by atoms with van der Waals surface area (Å²) in [5.74, 6) is 0. The quantitative estimate of drug-likeness (QED) is 0.555. The van der Waals surface area contributed by atoms with Gasteiger partial charge in [-0.05, 0) is 60.0 Å². The van der Waals surface area contributed by atoms with Crippen LogP contribution in [-0.4, -0.2) is 0 Å². The number of nitrogens with two attached hydrogens (primary N) is 1. The highest BCUT2D eigenvalue weighted by molar-refractivity contribution is 6.31. The van der Waals surface area contributed by atoms with E-state index < -0.39 is 0 Å². The largest absolute Gasteiger partial charge is 0.398 e. The van der Waals surface area contributed by atoms with Crippen LogP contribution in [0.25, 0.3) is 22.3 Å². The zero-order valence-electron chi connectivity index (χ0n) is 12.1. The van der Waals surface area contributed by atoms with Gasteiger partial charge in [-0.1, -0.05) is 47.5 Å². The summed E-state index contributed by atoms with van der Waals surface area (Å²) in [5, 5.41) is 1.43. The molecule has 3 rings (SSSR count). The normalized spacial score (nSPS) is 10.7. The molecule has 3 aromatic rings. The van der Waals surface area contributed by atoms with Gasteiger partial charge in [-0.25, -0.2) is 0 Å². The maximum Gasteiger partial charge on any atom is 0.0473 e. The minimum atomic E-state index is 0.716. The zero-order chi connectivity index (χ0) is 15.7. The Balaban J connectivity index is 2.17. The molecule has 0 fully saturated rings. The smallest absolute Gasteiger partial charge is 0.0473 e.